The zero-order valence-corrected chi connectivity index (χ0v) is 17.9. The molecule has 2 aromatic rings. The smallest absolute Gasteiger partial charge is 0.307 e. The van der Waals surface area contributed by atoms with Crippen molar-refractivity contribution in [1.29, 1.82) is 0 Å². The number of amides is 2. The van der Waals surface area contributed by atoms with E-state index >= 15 is 0 Å². The third-order valence-electron chi connectivity index (χ3n) is 4.76. The molecule has 0 heterocycles. The molecule has 0 aliphatic heterocycles. The number of hydrogen-bond donors (Lipinski definition) is 3. The second kappa shape index (κ2) is 10.5. The Kier molecular flexibility index (Phi) is 7.70. The Morgan fingerprint density at radius 3 is 2.45 bits per heavy atom. The number of aliphatic carboxylic acids is 1. The first-order valence-electron chi connectivity index (χ1n) is 9.50. The van der Waals surface area contributed by atoms with Gasteiger partial charge in [0.25, 0.3) is 0 Å². The SMILES string of the molecule is O=C(CSc1cccc(NC(=O)C2CC=CCC2C(=O)O)c1)Nc1ccc(F)c(Cl)c1. The van der Waals surface area contributed by atoms with Gasteiger partial charge in [-0.05, 0) is 49.2 Å². The zero-order chi connectivity index (χ0) is 22.4. The molecular weight excluding hydrogens is 443 g/mol. The summed E-state index contributed by atoms with van der Waals surface area (Å²) in [4.78, 5) is 36.9. The number of thioether (sulfide) groups is 1. The monoisotopic (exact) mass is 462 g/mol. The quantitative estimate of drug-likeness (QED) is 0.405. The zero-order valence-electron chi connectivity index (χ0n) is 16.3. The first-order valence-corrected chi connectivity index (χ1v) is 10.9. The van der Waals surface area contributed by atoms with Crippen LogP contribution in [0.15, 0.2) is 59.5 Å². The molecule has 2 amide bonds. The molecular formula is C22H20ClFN2O4S. The molecule has 3 rings (SSSR count). The average molecular weight is 463 g/mol. The van der Waals surface area contributed by atoms with Crippen molar-refractivity contribution in [2.45, 2.75) is 17.7 Å². The molecule has 31 heavy (non-hydrogen) atoms. The van der Waals surface area contributed by atoms with E-state index < -0.39 is 23.6 Å². The van der Waals surface area contributed by atoms with E-state index in [0.29, 0.717) is 24.2 Å². The van der Waals surface area contributed by atoms with Crippen LogP contribution in [0.25, 0.3) is 0 Å². The maximum Gasteiger partial charge on any atom is 0.307 e. The molecule has 1 aliphatic carbocycles. The Morgan fingerprint density at radius 2 is 1.74 bits per heavy atom. The van der Waals surface area contributed by atoms with E-state index in [1.807, 2.05) is 6.08 Å². The maximum absolute atomic E-state index is 13.2. The minimum atomic E-state index is -0.984. The fraction of sp³-hybridized carbons (Fsp3) is 0.227. The van der Waals surface area contributed by atoms with Crippen LogP contribution in [0.2, 0.25) is 5.02 Å². The van der Waals surface area contributed by atoms with Crippen molar-refractivity contribution in [3.8, 4) is 0 Å². The number of halogens is 2. The lowest BCUT2D eigenvalue weighted by Crippen LogP contribution is -2.34. The van der Waals surface area contributed by atoms with Crippen LogP contribution in [0.4, 0.5) is 15.8 Å². The molecule has 0 spiro atoms. The molecule has 162 valence electrons. The summed E-state index contributed by atoms with van der Waals surface area (Å²) in [5.74, 6) is -3.46. The molecule has 0 radical (unpaired) electrons. The summed E-state index contributed by atoms with van der Waals surface area (Å²) in [7, 11) is 0. The highest BCUT2D eigenvalue weighted by molar-refractivity contribution is 8.00. The summed E-state index contributed by atoms with van der Waals surface area (Å²) in [5.41, 5.74) is 0.923. The average Bonchev–Trinajstić information content (AvgIpc) is 2.75. The number of carboxylic acid groups (broad SMARTS) is 1. The van der Waals surface area contributed by atoms with Gasteiger partial charge in [-0.1, -0.05) is 29.8 Å². The van der Waals surface area contributed by atoms with Gasteiger partial charge in [-0.2, -0.15) is 0 Å². The number of nitrogens with one attached hydrogen (secondary N) is 2. The first-order chi connectivity index (χ1) is 14.8. The summed E-state index contributed by atoms with van der Waals surface area (Å²) in [6.07, 6.45) is 4.32. The van der Waals surface area contributed by atoms with Crippen LogP contribution < -0.4 is 10.6 Å². The van der Waals surface area contributed by atoms with E-state index in [-0.39, 0.29) is 22.6 Å². The maximum atomic E-state index is 13.2. The summed E-state index contributed by atoms with van der Waals surface area (Å²) < 4.78 is 13.2. The molecule has 2 aromatic carbocycles. The third kappa shape index (κ3) is 6.32. The van der Waals surface area contributed by atoms with Crippen LogP contribution in [0.3, 0.4) is 0 Å². The number of benzene rings is 2. The highest BCUT2D eigenvalue weighted by Gasteiger charge is 2.33. The van der Waals surface area contributed by atoms with E-state index in [2.05, 4.69) is 10.6 Å². The summed E-state index contributed by atoms with van der Waals surface area (Å²) in [5, 5.41) is 14.7. The second-order valence-corrected chi connectivity index (χ2v) is 8.43. The lowest BCUT2D eigenvalue weighted by Gasteiger charge is -2.24. The lowest BCUT2D eigenvalue weighted by atomic mass is 9.82. The van der Waals surface area contributed by atoms with Crippen LogP contribution in [0, 0.1) is 17.7 Å². The fourth-order valence-corrected chi connectivity index (χ4v) is 4.13. The van der Waals surface area contributed by atoms with Crippen molar-refractivity contribution in [2.24, 2.45) is 11.8 Å². The van der Waals surface area contributed by atoms with Gasteiger partial charge in [-0.3, -0.25) is 14.4 Å². The topological polar surface area (TPSA) is 95.5 Å². The molecule has 0 bridgehead atoms. The standard InChI is InChI=1S/C22H20ClFN2O4S/c23-18-11-14(8-9-19(18)24)25-20(27)12-31-15-5-3-4-13(10-15)26-21(28)16-6-1-2-7-17(16)22(29)30/h1-5,8-11,16-17H,6-7,12H2,(H,25,27)(H,26,28)(H,29,30). The van der Waals surface area contributed by atoms with E-state index in [1.165, 1.54) is 30.0 Å². The molecule has 6 nitrogen and oxygen atoms in total. The number of hydrogen-bond acceptors (Lipinski definition) is 4. The van der Waals surface area contributed by atoms with Crippen molar-refractivity contribution >= 4 is 52.5 Å². The summed E-state index contributed by atoms with van der Waals surface area (Å²) in [6.45, 7) is 0. The Bertz CT molecular complexity index is 1030. The molecule has 9 heteroatoms. The van der Waals surface area contributed by atoms with Gasteiger partial charge in [0.15, 0.2) is 0 Å². The van der Waals surface area contributed by atoms with E-state index in [9.17, 15) is 23.9 Å². The highest BCUT2D eigenvalue weighted by atomic mass is 35.5. The van der Waals surface area contributed by atoms with Crippen molar-refractivity contribution in [2.75, 3.05) is 16.4 Å². The number of carbonyl (C=O) groups is 3. The predicted octanol–water partition coefficient (Wildman–Crippen LogP) is 4.82. The van der Waals surface area contributed by atoms with Crippen molar-refractivity contribution in [3.05, 3.63) is 65.5 Å². The Hall–Kier alpha value is -2.84. The molecule has 0 fully saturated rings. The molecule has 0 aromatic heterocycles. The van der Waals surface area contributed by atoms with E-state index in [0.717, 1.165) is 4.90 Å². The molecule has 2 unspecified atom stereocenters. The summed E-state index contributed by atoms with van der Waals surface area (Å²) in [6, 6.07) is 10.9. The van der Waals surface area contributed by atoms with Gasteiger partial charge in [-0.25, -0.2) is 4.39 Å². The highest BCUT2D eigenvalue weighted by Crippen LogP contribution is 2.28. The number of carbonyl (C=O) groups excluding carboxylic acids is 2. The number of carboxylic acids is 1. The fourth-order valence-electron chi connectivity index (χ4n) is 3.20. The second-order valence-electron chi connectivity index (χ2n) is 6.98. The van der Waals surface area contributed by atoms with Gasteiger partial charge in [0.1, 0.15) is 5.82 Å². The molecule has 0 saturated carbocycles. The third-order valence-corrected chi connectivity index (χ3v) is 6.04. The first kappa shape index (κ1) is 22.8. The van der Waals surface area contributed by atoms with Crippen molar-refractivity contribution in [1.82, 2.24) is 0 Å². The minimum Gasteiger partial charge on any atom is -0.481 e. The van der Waals surface area contributed by atoms with Gasteiger partial charge >= 0.3 is 5.97 Å². The number of anilines is 2. The Morgan fingerprint density at radius 1 is 1.03 bits per heavy atom. The number of rotatable bonds is 7. The molecule has 3 N–H and O–H groups in total. The molecule has 2 atom stereocenters. The largest absolute Gasteiger partial charge is 0.481 e. The molecule has 1 aliphatic rings. The predicted molar refractivity (Wildman–Crippen MR) is 119 cm³/mol. The Labute approximate surface area is 187 Å². The Balaban J connectivity index is 1.56. The van der Waals surface area contributed by atoms with Gasteiger partial charge in [0, 0.05) is 16.3 Å². The molecule has 0 saturated heterocycles. The van der Waals surface area contributed by atoms with E-state index in [4.69, 9.17) is 11.6 Å². The lowest BCUT2D eigenvalue weighted by molar-refractivity contribution is -0.146. The minimum absolute atomic E-state index is 0.0764. The van der Waals surface area contributed by atoms with Gasteiger partial charge in [0.05, 0.1) is 22.6 Å². The van der Waals surface area contributed by atoms with Crippen LogP contribution in [-0.2, 0) is 14.4 Å². The van der Waals surface area contributed by atoms with Crippen LogP contribution in [0.5, 0.6) is 0 Å². The number of allylic oxidation sites excluding steroid dienone is 2. The van der Waals surface area contributed by atoms with Crippen LogP contribution in [-0.4, -0.2) is 28.6 Å². The van der Waals surface area contributed by atoms with Crippen molar-refractivity contribution < 1.29 is 23.9 Å². The van der Waals surface area contributed by atoms with Crippen LogP contribution >= 0.6 is 23.4 Å². The van der Waals surface area contributed by atoms with Crippen LogP contribution in [0.1, 0.15) is 12.8 Å². The van der Waals surface area contributed by atoms with Crippen molar-refractivity contribution in [3.63, 3.8) is 0 Å². The van der Waals surface area contributed by atoms with Gasteiger partial charge in [-0.15, -0.1) is 11.8 Å². The normalized spacial score (nSPS) is 17.7. The summed E-state index contributed by atoms with van der Waals surface area (Å²) >= 11 is 6.97. The van der Waals surface area contributed by atoms with Gasteiger partial charge < -0.3 is 15.7 Å². The van der Waals surface area contributed by atoms with E-state index in [1.54, 1.807) is 30.3 Å². The van der Waals surface area contributed by atoms with Gasteiger partial charge in [0.2, 0.25) is 11.8 Å².